The van der Waals surface area contributed by atoms with Crippen LogP contribution in [0.3, 0.4) is 0 Å². The van der Waals surface area contributed by atoms with Gasteiger partial charge in [0.15, 0.2) is 5.11 Å². The number of ether oxygens (including phenoxy) is 1. The highest BCUT2D eigenvalue weighted by atomic mass is 32.1. The van der Waals surface area contributed by atoms with Crippen LogP contribution in [0, 0.1) is 11.3 Å². The molecular weight excluding hydrogens is 422 g/mol. The number of amides is 1. The number of piperidine rings is 1. The Morgan fingerprint density at radius 1 is 1.34 bits per heavy atom. The van der Waals surface area contributed by atoms with Gasteiger partial charge in [-0.2, -0.15) is 5.26 Å². The Hall–Kier alpha value is -2.76. The van der Waals surface area contributed by atoms with Gasteiger partial charge in [-0.15, -0.1) is 0 Å². The average molecular weight is 452 g/mol. The number of rotatable bonds is 6. The highest BCUT2D eigenvalue weighted by Gasteiger charge is 2.58. The van der Waals surface area contributed by atoms with Crippen molar-refractivity contribution in [2.75, 3.05) is 31.6 Å². The van der Waals surface area contributed by atoms with Crippen molar-refractivity contribution in [1.82, 2.24) is 10.2 Å². The molecule has 0 atom stereocenters. The van der Waals surface area contributed by atoms with Crippen LogP contribution in [0.2, 0.25) is 0 Å². The van der Waals surface area contributed by atoms with Crippen LogP contribution in [-0.4, -0.2) is 60.0 Å². The van der Waals surface area contributed by atoms with E-state index in [1.54, 1.807) is 11.9 Å². The number of nitriles is 1. The van der Waals surface area contributed by atoms with Crippen molar-refractivity contribution < 1.29 is 9.53 Å². The molecule has 1 aromatic carbocycles. The summed E-state index contributed by atoms with van der Waals surface area (Å²) >= 11 is 5.78. The number of thiocarbonyl (C=S) groups is 1. The number of carbonyl (C=O) groups is 1. The van der Waals surface area contributed by atoms with E-state index in [-0.39, 0.29) is 12.0 Å². The second kappa shape index (κ2) is 9.39. The third-order valence-corrected chi connectivity index (χ3v) is 7.04. The predicted molar refractivity (Wildman–Crippen MR) is 129 cm³/mol. The van der Waals surface area contributed by atoms with Gasteiger partial charge >= 0.3 is 0 Å². The molecule has 3 fully saturated rings. The van der Waals surface area contributed by atoms with E-state index in [0.29, 0.717) is 17.4 Å². The number of nitrogens with zero attached hydrogens (tertiary/aromatic N) is 4. The van der Waals surface area contributed by atoms with Crippen molar-refractivity contribution in [2.24, 2.45) is 4.99 Å². The van der Waals surface area contributed by atoms with Crippen molar-refractivity contribution >= 4 is 34.6 Å². The van der Waals surface area contributed by atoms with Crippen LogP contribution in [-0.2, 0) is 4.79 Å². The molecule has 1 saturated carbocycles. The standard InChI is InChI=1S/C24H29N5O2S/c1-17(21(16-25)26-2)10-15-28-22(30)24(11-3-12-24)29(23(28)32)18-4-6-19(7-5-18)31-20-8-13-27-14-9-20/h4-7,10,20,27H,3,8-9,11-15H2,1-2H3/b17-10-,26-21-. The summed E-state index contributed by atoms with van der Waals surface area (Å²) < 4.78 is 6.13. The summed E-state index contributed by atoms with van der Waals surface area (Å²) in [5, 5.41) is 13.0. The van der Waals surface area contributed by atoms with Crippen LogP contribution in [0.15, 0.2) is 40.9 Å². The maximum absolute atomic E-state index is 13.4. The topological polar surface area (TPSA) is 81.0 Å². The second-order valence-corrected chi connectivity index (χ2v) is 8.92. The Kier molecular flexibility index (Phi) is 6.58. The summed E-state index contributed by atoms with van der Waals surface area (Å²) in [4.78, 5) is 21.1. The molecule has 2 aliphatic heterocycles. The average Bonchev–Trinajstić information content (AvgIpc) is 3.01. The Morgan fingerprint density at radius 3 is 2.59 bits per heavy atom. The van der Waals surface area contributed by atoms with E-state index < -0.39 is 5.54 Å². The fraction of sp³-hybridized carbons (Fsp3) is 0.500. The molecule has 4 rings (SSSR count). The highest BCUT2D eigenvalue weighted by Crippen LogP contribution is 2.46. The maximum Gasteiger partial charge on any atom is 0.255 e. The number of anilines is 1. The molecule has 2 saturated heterocycles. The fourth-order valence-corrected chi connectivity index (χ4v) is 5.06. The van der Waals surface area contributed by atoms with Gasteiger partial charge in [0.2, 0.25) is 0 Å². The third-order valence-electron chi connectivity index (χ3n) is 6.64. The molecule has 1 amide bonds. The number of carbonyl (C=O) groups excluding carboxylic acids is 1. The summed E-state index contributed by atoms with van der Waals surface area (Å²) in [7, 11) is 1.59. The number of allylic oxidation sites excluding steroid dienone is 1. The van der Waals surface area contributed by atoms with Crippen molar-refractivity contribution in [3.05, 3.63) is 35.9 Å². The first-order chi connectivity index (χ1) is 15.5. The molecule has 8 heteroatoms. The smallest absolute Gasteiger partial charge is 0.255 e. The lowest BCUT2D eigenvalue weighted by Gasteiger charge is -2.43. The molecule has 0 aromatic heterocycles. The summed E-state index contributed by atoms with van der Waals surface area (Å²) in [6.45, 7) is 4.13. The lowest BCUT2D eigenvalue weighted by atomic mass is 9.75. The minimum atomic E-state index is -0.590. The van der Waals surface area contributed by atoms with Crippen LogP contribution < -0.4 is 15.0 Å². The van der Waals surface area contributed by atoms with Gasteiger partial charge in [0.1, 0.15) is 29.2 Å². The van der Waals surface area contributed by atoms with Crippen molar-refractivity contribution in [2.45, 2.75) is 50.7 Å². The van der Waals surface area contributed by atoms with Gasteiger partial charge in [-0.05, 0) is 94.2 Å². The van der Waals surface area contributed by atoms with E-state index in [2.05, 4.69) is 16.4 Å². The lowest BCUT2D eigenvalue weighted by molar-refractivity contribution is -0.132. The third kappa shape index (κ3) is 4.03. The van der Waals surface area contributed by atoms with Crippen LogP contribution in [0.25, 0.3) is 0 Å². The monoisotopic (exact) mass is 451 g/mol. The van der Waals surface area contributed by atoms with Crippen LogP contribution in [0.4, 0.5) is 5.69 Å². The lowest BCUT2D eigenvalue weighted by Crippen LogP contribution is -2.55. The zero-order valence-electron chi connectivity index (χ0n) is 18.6. The molecule has 168 valence electrons. The van der Waals surface area contributed by atoms with Crippen molar-refractivity contribution in [1.29, 1.82) is 5.26 Å². The van der Waals surface area contributed by atoms with Crippen LogP contribution >= 0.6 is 12.2 Å². The van der Waals surface area contributed by atoms with E-state index in [1.165, 1.54) is 0 Å². The Labute approximate surface area is 194 Å². The summed E-state index contributed by atoms with van der Waals surface area (Å²) in [6, 6.07) is 10.0. The SMILES string of the molecule is C/N=C(C#N)\C(C)=C/CN1C(=O)C2(CCC2)N(c2ccc(OC3CCNCC3)cc2)C1=S. The molecule has 2 heterocycles. The van der Waals surface area contributed by atoms with E-state index in [0.717, 1.165) is 62.2 Å². The molecule has 1 spiro atoms. The van der Waals surface area contributed by atoms with E-state index >= 15 is 0 Å². The van der Waals surface area contributed by atoms with Gasteiger partial charge < -0.3 is 15.0 Å². The van der Waals surface area contributed by atoms with Gasteiger partial charge in [-0.1, -0.05) is 6.08 Å². The Morgan fingerprint density at radius 2 is 2.03 bits per heavy atom. The summed E-state index contributed by atoms with van der Waals surface area (Å²) in [5.74, 6) is 0.887. The second-order valence-electron chi connectivity index (χ2n) is 8.55. The molecular formula is C24H29N5O2S. The first kappa shape index (κ1) is 22.4. The largest absolute Gasteiger partial charge is 0.490 e. The molecule has 32 heavy (non-hydrogen) atoms. The van der Waals surface area contributed by atoms with Crippen LogP contribution in [0.1, 0.15) is 39.0 Å². The van der Waals surface area contributed by atoms with E-state index in [1.807, 2.05) is 42.2 Å². The number of hydrogen-bond acceptors (Lipinski definition) is 6. The number of benzene rings is 1. The Bertz CT molecular complexity index is 985. The van der Waals surface area contributed by atoms with Crippen LogP contribution in [0.5, 0.6) is 5.75 Å². The van der Waals surface area contributed by atoms with Gasteiger partial charge in [-0.25, -0.2) is 0 Å². The first-order valence-corrected chi connectivity index (χ1v) is 11.6. The van der Waals surface area contributed by atoms with Crippen molar-refractivity contribution in [3.8, 4) is 11.8 Å². The molecule has 0 radical (unpaired) electrons. The number of aliphatic imine (C=N–C) groups is 1. The van der Waals surface area contributed by atoms with E-state index in [9.17, 15) is 10.1 Å². The molecule has 0 bridgehead atoms. The maximum atomic E-state index is 13.4. The zero-order valence-corrected chi connectivity index (χ0v) is 19.5. The molecule has 1 aliphatic carbocycles. The van der Waals surface area contributed by atoms with Gasteiger partial charge in [-0.3, -0.25) is 14.7 Å². The number of nitrogens with one attached hydrogen (secondary N) is 1. The number of hydrogen-bond donors (Lipinski definition) is 1. The van der Waals surface area contributed by atoms with Gasteiger partial charge in [0.25, 0.3) is 5.91 Å². The predicted octanol–water partition coefficient (Wildman–Crippen LogP) is 3.21. The Balaban J connectivity index is 1.53. The minimum Gasteiger partial charge on any atom is -0.490 e. The first-order valence-electron chi connectivity index (χ1n) is 11.2. The fourth-order valence-electron chi connectivity index (χ4n) is 4.62. The zero-order chi connectivity index (χ0) is 22.7. The molecule has 1 aromatic rings. The summed E-state index contributed by atoms with van der Waals surface area (Å²) in [5.41, 5.74) is 1.43. The normalized spacial score (nSPS) is 21.7. The molecule has 7 nitrogen and oxygen atoms in total. The highest BCUT2D eigenvalue weighted by molar-refractivity contribution is 7.80. The molecule has 3 aliphatic rings. The quantitative estimate of drug-likeness (QED) is 0.528. The van der Waals surface area contributed by atoms with Crippen molar-refractivity contribution in [3.63, 3.8) is 0 Å². The van der Waals surface area contributed by atoms with E-state index in [4.69, 9.17) is 17.0 Å². The van der Waals surface area contributed by atoms with Gasteiger partial charge in [0, 0.05) is 19.3 Å². The summed E-state index contributed by atoms with van der Waals surface area (Å²) in [6.07, 6.45) is 6.69. The van der Waals surface area contributed by atoms with Gasteiger partial charge in [0.05, 0.1) is 0 Å². The molecule has 1 N–H and O–H groups in total. The minimum absolute atomic E-state index is 0.0415. The molecule has 0 unspecified atom stereocenters.